The number of hydrogen-bond acceptors (Lipinski definition) is 3. The molecule has 1 aliphatic heterocycles. The number of nitrogens with zero attached hydrogens (tertiary/aromatic N) is 2. The Balaban J connectivity index is 1.44. The van der Waals surface area contributed by atoms with Crippen LogP contribution in [-0.4, -0.2) is 28.9 Å². The maximum atomic E-state index is 13.0. The highest BCUT2D eigenvalue weighted by Gasteiger charge is 2.45. The van der Waals surface area contributed by atoms with Crippen LogP contribution in [-0.2, 0) is 0 Å². The molecule has 1 saturated heterocycles. The summed E-state index contributed by atoms with van der Waals surface area (Å²) >= 11 is 0. The van der Waals surface area contributed by atoms with Crippen LogP contribution in [0.1, 0.15) is 33.4 Å². The van der Waals surface area contributed by atoms with Gasteiger partial charge in [-0.25, -0.2) is 0 Å². The molecule has 1 amide bonds. The van der Waals surface area contributed by atoms with Crippen LogP contribution in [0.2, 0.25) is 0 Å². The van der Waals surface area contributed by atoms with Crippen molar-refractivity contribution in [3.05, 3.63) is 77.5 Å². The molecule has 124 valence electrons. The molecule has 1 aliphatic carbocycles. The highest BCUT2D eigenvalue weighted by molar-refractivity contribution is 5.98. The third-order valence-electron chi connectivity index (χ3n) is 5.72. The SMILES string of the molecule is N[C@H]1c2ccccc2[C@@H]2CN(C(=O)c3ccc4ncccc4c3)C[C@H]12. The lowest BCUT2D eigenvalue weighted by Gasteiger charge is -2.20. The zero-order valence-electron chi connectivity index (χ0n) is 13.8. The predicted molar refractivity (Wildman–Crippen MR) is 97.2 cm³/mol. The second kappa shape index (κ2) is 5.39. The van der Waals surface area contributed by atoms with Crippen molar-refractivity contribution in [2.75, 3.05) is 13.1 Å². The van der Waals surface area contributed by atoms with E-state index < -0.39 is 0 Å². The molecule has 4 nitrogen and oxygen atoms in total. The van der Waals surface area contributed by atoms with Crippen LogP contribution < -0.4 is 5.73 Å². The summed E-state index contributed by atoms with van der Waals surface area (Å²) in [7, 11) is 0. The van der Waals surface area contributed by atoms with E-state index in [0.29, 0.717) is 11.8 Å². The number of nitrogens with two attached hydrogens (primary N) is 1. The summed E-state index contributed by atoms with van der Waals surface area (Å²) in [4.78, 5) is 19.3. The average molecular weight is 329 g/mol. The maximum absolute atomic E-state index is 13.0. The van der Waals surface area contributed by atoms with E-state index in [1.807, 2.05) is 41.3 Å². The fraction of sp³-hybridized carbons (Fsp3) is 0.238. The first-order valence-electron chi connectivity index (χ1n) is 8.71. The second-order valence-corrected chi connectivity index (χ2v) is 7.05. The van der Waals surface area contributed by atoms with Gasteiger partial charge in [-0.05, 0) is 35.4 Å². The first kappa shape index (κ1) is 14.6. The van der Waals surface area contributed by atoms with Crippen LogP contribution in [0.3, 0.4) is 0 Å². The minimum Gasteiger partial charge on any atom is -0.338 e. The first-order valence-corrected chi connectivity index (χ1v) is 8.71. The molecule has 2 aromatic carbocycles. The van der Waals surface area contributed by atoms with Crippen molar-refractivity contribution in [3.8, 4) is 0 Å². The van der Waals surface area contributed by atoms with Crippen LogP contribution in [0.15, 0.2) is 60.8 Å². The minimum absolute atomic E-state index is 0.0276. The van der Waals surface area contributed by atoms with E-state index in [1.165, 1.54) is 11.1 Å². The molecule has 0 radical (unpaired) electrons. The molecular weight excluding hydrogens is 310 g/mol. The first-order chi connectivity index (χ1) is 12.2. The monoisotopic (exact) mass is 329 g/mol. The number of aromatic nitrogens is 1. The molecule has 0 spiro atoms. The third-order valence-corrected chi connectivity index (χ3v) is 5.72. The Morgan fingerprint density at radius 3 is 2.76 bits per heavy atom. The van der Waals surface area contributed by atoms with E-state index >= 15 is 0 Å². The summed E-state index contributed by atoms with van der Waals surface area (Å²) in [5.74, 6) is 0.769. The summed E-state index contributed by atoms with van der Waals surface area (Å²) in [5, 5.41) is 0.995. The van der Waals surface area contributed by atoms with Crippen LogP contribution in [0.4, 0.5) is 0 Å². The molecule has 1 fully saturated rings. The van der Waals surface area contributed by atoms with Gasteiger partial charge in [0.1, 0.15) is 0 Å². The molecule has 2 aliphatic rings. The van der Waals surface area contributed by atoms with Gasteiger partial charge in [-0.2, -0.15) is 0 Å². The Bertz CT molecular complexity index is 984. The highest BCUT2D eigenvalue weighted by atomic mass is 16.2. The summed E-state index contributed by atoms with van der Waals surface area (Å²) < 4.78 is 0. The Labute approximate surface area is 146 Å². The van der Waals surface area contributed by atoms with Gasteiger partial charge in [0.15, 0.2) is 0 Å². The Morgan fingerprint density at radius 1 is 1.04 bits per heavy atom. The van der Waals surface area contributed by atoms with Crippen molar-refractivity contribution in [3.63, 3.8) is 0 Å². The van der Waals surface area contributed by atoms with Gasteiger partial charge in [-0.3, -0.25) is 9.78 Å². The fourth-order valence-electron chi connectivity index (χ4n) is 4.46. The zero-order chi connectivity index (χ0) is 17.0. The number of carbonyl (C=O) groups excluding carboxylic acids is 1. The van der Waals surface area contributed by atoms with E-state index in [9.17, 15) is 4.79 Å². The van der Waals surface area contributed by atoms with Gasteiger partial charge in [-0.15, -0.1) is 0 Å². The molecule has 3 aromatic rings. The number of likely N-dealkylation sites (tertiary alicyclic amines) is 1. The molecule has 2 heterocycles. The van der Waals surface area contributed by atoms with Gasteiger partial charge in [-0.1, -0.05) is 30.3 Å². The van der Waals surface area contributed by atoms with Gasteiger partial charge < -0.3 is 10.6 Å². The van der Waals surface area contributed by atoms with Crippen LogP contribution in [0.25, 0.3) is 10.9 Å². The number of benzene rings is 2. The number of carbonyl (C=O) groups is 1. The summed E-state index contributed by atoms with van der Waals surface area (Å²) in [6.45, 7) is 1.48. The molecule has 0 saturated carbocycles. The Hall–Kier alpha value is -2.72. The lowest BCUT2D eigenvalue weighted by molar-refractivity contribution is 0.0784. The summed E-state index contributed by atoms with van der Waals surface area (Å²) in [5.41, 5.74) is 10.7. The quantitative estimate of drug-likeness (QED) is 0.746. The summed E-state index contributed by atoms with van der Waals surface area (Å²) in [6, 6.07) is 18.0. The van der Waals surface area contributed by atoms with Gasteiger partial charge in [0.05, 0.1) is 5.52 Å². The number of rotatable bonds is 1. The van der Waals surface area contributed by atoms with Crippen LogP contribution in [0.5, 0.6) is 0 Å². The average Bonchev–Trinajstić information content (AvgIpc) is 3.21. The van der Waals surface area contributed by atoms with Gasteiger partial charge in [0.2, 0.25) is 0 Å². The molecule has 5 rings (SSSR count). The second-order valence-electron chi connectivity index (χ2n) is 7.05. The lowest BCUT2D eigenvalue weighted by Crippen LogP contribution is -2.31. The molecule has 25 heavy (non-hydrogen) atoms. The van der Waals surface area contributed by atoms with E-state index in [2.05, 4.69) is 23.2 Å². The van der Waals surface area contributed by atoms with E-state index in [0.717, 1.165) is 29.6 Å². The topological polar surface area (TPSA) is 59.2 Å². The van der Waals surface area contributed by atoms with Gasteiger partial charge >= 0.3 is 0 Å². The minimum atomic E-state index is 0.0276. The Morgan fingerprint density at radius 2 is 1.88 bits per heavy atom. The van der Waals surface area contributed by atoms with Crippen molar-refractivity contribution in [2.24, 2.45) is 11.7 Å². The van der Waals surface area contributed by atoms with Crippen molar-refractivity contribution < 1.29 is 4.79 Å². The smallest absolute Gasteiger partial charge is 0.253 e. The number of hydrogen-bond donors (Lipinski definition) is 1. The fourth-order valence-corrected chi connectivity index (χ4v) is 4.46. The van der Waals surface area contributed by atoms with E-state index in [1.54, 1.807) is 6.20 Å². The Kier molecular flexibility index (Phi) is 3.15. The standard InChI is InChI=1S/C21H19N3O/c22-20-16-6-2-1-5-15(16)17-11-24(12-18(17)20)21(25)14-7-8-19-13(10-14)4-3-9-23-19/h1-10,17-18,20H,11-12,22H2/t17-,18-,20-/m0/s1. The normalized spacial score (nSPS) is 24.4. The van der Waals surface area contributed by atoms with Crippen molar-refractivity contribution in [2.45, 2.75) is 12.0 Å². The van der Waals surface area contributed by atoms with Gasteiger partial charge in [0.25, 0.3) is 5.91 Å². The molecule has 0 unspecified atom stereocenters. The van der Waals surface area contributed by atoms with Crippen LogP contribution >= 0.6 is 0 Å². The van der Waals surface area contributed by atoms with Crippen molar-refractivity contribution in [1.82, 2.24) is 9.88 Å². The summed E-state index contributed by atoms with van der Waals surface area (Å²) in [6.07, 6.45) is 1.77. The van der Waals surface area contributed by atoms with Crippen LogP contribution in [0, 0.1) is 5.92 Å². The molecule has 4 heteroatoms. The third kappa shape index (κ3) is 2.18. The number of fused-ring (bicyclic) bond motifs is 4. The van der Waals surface area contributed by atoms with E-state index in [-0.39, 0.29) is 11.9 Å². The van der Waals surface area contributed by atoms with Crippen molar-refractivity contribution >= 4 is 16.8 Å². The van der Waals surface area contributed by atoms with Crippen molar-refractivity contribution in [1.29, 1.82) is 0 Å². The molecule has 3 atom stereocenters. The highest BCUT2D eigenvalue weighted by Crippen LogP contribution is 2.48. The lowest BCUT2D eigenvalue weighted by atomic mass is 9.95. The molecular formula is C21H19N3O. The van der Waals surface area contributed by atoms with E-state index in [4.69, 9.17) is 5.73 Å². The zero-order valence-corrected chi connectivity index (χ0v) is 13.8. The molecule has 0 bridgehead atoms. The van der Waals surface area contributed by atoms with Gasteiger partial charge in [0, 0.05) is 48.1 Å². The molecule has 2 N–H and O–H groups in total. The largest absolute Gasteiger partial charge is 0.338 e. The maximum Gasteiger partial charge on any atom is 0.253 e. The molecule has 1 aromatic heterocycles. The number of amides is 1. The predicted octanol–water partition coefficient (Wildman–Crippen LogP) is 3.10. The number of pyridine rings is 1.